The predicted molar refractivity (Wildman–Crippen MR) is 76.5 cm³/mol. The van der Waals surface area contributed by atoms with Gasteiger partial charge in [0.1, 0.15) is 10.7 Å². The summed E-state index contributed by atoms with van der Waals surface area (Å²) in [5, 5.41) is -0.164. The molecule has 1 aliphatic rings. The first-order valence-corrected chi connectivity index (χ1v) is 8.76. The van der Waals surface area contributed by atoms with E-state index in [0.717, 1.165) is 36.5 Å². The second kappa shape index (κ2) is 5.87. The van der Waals surface area contributed by atoms with Gasteiger partial charge in [-0.2, -0.15) is 11.8 Å². The summed E-state index contributed by atoms with van der Waals surface area (Å²) in [6, 6.07) is 1.85. The van der Waals surface area contributed by atoms with Crippen LogP contribution in [0.1, 0.15) is 12.8 Å². The van der Waals surface area contributed by atoms with Crippen LogP contribution in [0, 0.1) is 5.82 Å². The van der Waals surface area contributed by atoms with Crippen molar-refractivity contribution in [1.29, 1.82) is 0 Å². The quantitative estimate of drug-likeness (QED) is 0.836. The van der Waals surface area contributed by atoms with Gasteiger partial charge in [-0.25, -0.2) is 17.5 Å². The number of hydrogen-bond donors (Lipinski definition) is 2. The topological polar surface area (TPSA) is 72.2 Å². The molecule has 1 saturated heterocycles. The summed E-state index contributed by atoms with van der Waals surface area (Å²) in [7, 11) is -3.77. The monoisotopic (exact) mass is 324 g/mol. The molecule has 0 aromatic heterocycles. The van der Waals surface area contributed by atoms with E-state index >= 15 is 0 Å². The Morgan fingerprint density at radius 3 is 2.84 bits per heavy atom. The fourth-order valence-corrected chi connectivity index (χ4v) is 4.86. The highest BCUT2D eigenvalue weighted by molar-refractivity contribution is 7.99. The van der Waals surface area contributed by atoms with Gasteiger partial charge >= 0.3 is 0 Å². The number of halogens is 2. The van der Waals surface area contributed by atoms with Crippen LogP contribution in [0.3, 0.4) is 0 Å². The zero-order valence-electron chi connectivity index (χ0n) is 10.0. The van der Waals surface area contributed by atoms with E-state index in [9.17, 15) is 12.8 Å². The van der Waals surface area contributed by atoms with Gasteiger partial charge in [-0.15, -0.1) is 0 Å². The molecule has 106 valence electrons. The van der Waals surface area contributed by atoms with Crippen molar-refractivity contribution in [3.63, 3.8) is 0 Å². The number of nitrogen functional groups attached to an aromatic ring is 1. The molecule has 4 nitrogen and oxygen atoms in total. The van der Waals surface area contributed by atoms with Gasteiger partial charge in [-0.1, -0.05) is 11.6 Å². The molecule has 0 bridgehead atoms. The normalized spacial score (nSPS) is 20.4. The van der Waals surface area contributed by atoms with Gasteiger partial charge < -0.3 is 5.73 Å². The van der Waals surface area contributed by atoms with E-state index < -0.39 is 15.8 Å². The molecule has 1 fully saturated rings. The van der Waals surface area contributed by atoms with Crippen LogP contribution in [0.15, 0.2) is 17.0 Å². The zero-order valence-corrected chi connectivity index (χ0v) is 12.4. The van der Waals surface area contributed by atoms with E-state index in [1.165, 1.54) is 0 Å². The van der Waals surface area contributed by atoms with Gasteiger partial charge in [0.15, 0.2) is 0 Å². The molecule has 0 amide bonds. The summed E-state index contributed by atoms with van der Waals surface area (Å²) < 4.78 is 40.2. The smallest absolute Gasteiger partial charge is 0.242 e. The molecule has 0 radical (unpaired) electrons. The Hall–Kier alpha value is -0.500. The molecule has 1 unspecified atom stereocenters. The lowest BCUT2D eigenvalue weighted by atomic mass is 10.2. The van der Waals surface area contributed by atoms with Crippen LogP contribution in [0.2, 0.25) is 5.02 Å². The third-order valence-electron chi connectivity index (χ3n) is 2.82. The summed E-state index contributed by atoms with van der Waals surface area (Å²) in [4.78, 5) is -0.177. The molecular weight excluding hydrogens is 311 g/mol. The van der Waals surface area contributed by atoms with Crippen molar-refractivity contribution < 1.29 is 12.8 Å². The van der Waals surface area contributed by atoms with Crippen molar-refractivity contribution in [2.24, 2.45) is 0 Å². The van der Waals surface area contributed by atoms with Crippen LogP contribution in [0.5, 0.6) is 0 Å². The third kappa shape index (κ3) is 3.53. The Morgan fingerprint density at radius 1 is 1.47 bits per heavy atom. The minimum atomic E-state index is -3.77. The van der Waals surface area contributed by atoms with Gasteiger partial charge in [0.25, 0.3) is 0 Å². The second-order valence-corrected chi connectivity index (χ2v) is 7.58. The largest absolute Gasteiger partial charge is 0.396 e. The van der Waals surface area contributed by atoms with E-state index in [-0.39, 0.29) is 21.6 Å². The number of nitrogens with one attached hydrogen (secondary N) is 1. The first kappa shape index (κ1) is 14.9. The number of benzene rings is 1. The Balaban J connectivity index is 2.26. The molecule has 1 heterocycles. The number of rotatable bonds is 3. The van der Waals surface area contributed by atoms with Crippen LogP contribution >= 0.6 is 23.4 Å². The minimum Gasteiger partial charge on any atom is -0.396 e. The van der Waals surface area contributed by atoms with Crippen molar-refractivity contribution in [3.8, 4) is 0 Å². The summed E-state index contributed by atoms with van der Waals surface area (Å²) in [5.74, 6) is 1.05. The van der Waals surface area contributed by atoms with Crippen LogP contribution in [-0.2, 0) is 10.0 Å². The molecule has 0 spiro atoms. The van der Waals surface area contributed by atoms with Crippen molar-refractivity contribution in [1.82, 2.24) is 4.72 Å². The molecule has 0 aliphatic carbocycles. The highest BCUT2D eigenvalue weighted by Crippen LogP contribution is 2.27. The van der Waals surface area contributed by atoms with Crippen LogP contribution in [0.25, 0.3) is 0 Å². The summed E-state index contributed by atoms with van der Waals surface area (Å²) in [5.41, 5.74) is 5.16. The van der Waals surface area contributed by atoms with E-state index in [2.05, 4.69) is 4.72 Å². The van der Waals surface area contributed by atoms with Crippen molar-refractivity contribution >= 4 is 39.1 Å². The molecule has 19 heavy (non-hydrogen) atoms. The number of hydrogen-bond acceptors (Lipinski definition) is 4. The molecule has 0 saturated carbocycles. The predicted octanol–water partition coefficient (Wildman–Crippen LogP) is 2.24. The maximum atomic E-state index is 13.2. The highest BCUT2D eigenvalue weighted by atomic mass is 35.5. The Labute approximate surface area is 120 Å². The van der Waals surface area contributed by atoms with Gasteiger partial charge in [-0.05, 0) is 30.7 Å². The summed E-state index contributed by atoms with van der Waals surface area (Å²) in [6.07, 6.45) is 1.76. The van der Waals surface area contributed by atoms with Crippen LogP contribution in [-0.4, -0.2) is 26.0 Å². The average molecular weight is 325 g/mol. The standard InChI is InChI=1S/C11H14ClFN2O2S2/c12-8-4-9(13)10(14)5-11(8)19(16,17)15-7-2-1-3-18-6-7/h4-5,7,15H,1-3,6,14H2. The van der Waals surface area contributed by atoms with Gasteiger partial charge in [0.05, 0.1) is 10.7 Å². The molecule has 2 rings (SSSR count). The first-order chi connectivity index (χ1) is 8.90. The van der Waals surface area contributed by atoms with Gasteiger partial charge in [0.2, 0.25) is 10.0 Å². The fraction of sp³-hybridized carbons (Fsp3) is 0.455. The van der Waals surface area contributed by atoms with Crippen molar-refractivity contribution in [3.05, 3.63) is 23.0 Å². The van der Waals surface area contributed by atoms with Gasteiger partial charge in [0, 0.05) is 11.8 Å². The Bertz CT molecular complexity index is 574. The SMILES string of the molecule is Nc1cc(S(=O)(=O)NC2CCCSC2)c(Cl)cc1F. The van der Waals surface area contributed by atoms with Crippen molar-refractivity contribution in [2.45, 2.75) is 23.8 Å². The molecule has 8 heteroatoms. The first-order valence-electron chi connectivity index (χ1n) is 5.75. The van der Waals surface area contributed by atoms with E-state index in [0.29, 0.717) is 0 Å². The maximum absolute atomic E-state index is 13.2. The number of sulfonamides is 1. The Kier molecular flexibility index (Phi) is 4.60. The van der Waals surface area contributed by atoms with E-state index in [4.69, 9.17) is 17.3 Å². The average Bonchev–Trinajstić information content (AvgIpc) is 2.34. The highest BCUT2D eigenvalue weighted by Gasteiger charge is 2.25. The third-order valence-corrected chi connectivity index (χ3v) is 6.02. The summed E-state index contributed by atoms with van der Waals surface area (Å²) >= 11 is 7.49. The number of anilines is 1. The van der Waals surface area contributed by atoms with Crippen molar-refractivity contribution in [2.75, 3.05) is 17.2 Å². The lowest BCUT2D eigenvalue weighted by Crippen LogP contribution is -2.38. The van der Waals surface area contributed by atoms with E-state index in [1.807, 2.05) is 0 Å². The number of nitrogens with two attached hydrogens (primary N) is 1. The lowest BCUT2D eigenvalue weighted by molar-refractivity contribution is 0.543. The molecule has 3 N–H and O–H groups in total. The summed E-state index contributed by atoms with van der Waals surface area (Å²) in [6.45, 7) is 0. The fourth-order valence-electron chi connectivity index (χ4n) is 1.87. The van der Waals surface area contributed by atoms with Crippen LogP contribution in [0.4, 0.5) is 10.1 Å². The van der Waals surface area contributed by atoms with E-state index in [1.54, 1.807) is 11.8 Å². The zero-order chi connectivity index (χ0) is 14.0. The number of thioether (sulfide) groups is 1. The maximum Gasteiger partial charge on any atom is 0.242 e. The second-order valence-electron chi connectivity index (χ2n) is 4.34. The Morgan fingerprint density at radius 2 is 2.21 bits per heavy atom. The molecule has 1 atom stereocenters. The molecule has 1 aromatic carbocycles. The van der Waals surface area contributed by atoms with Gasteiger partial charge in [-0.3, -0.25) is 0 Å². The molecule has 1 aromatic rings. The van der Waals surface area contributed by atoms with Crippen LogP contribution < -0.4 is 10.5 Å². The molecule has 1 aliphatic heterocycles. The lowest BCUT2D eigenvalue weighted by Gasteiger charge is -2.22. The minimum absolute atomic E-state index is 0.119. The molecular formula is C11H14ClFN2O2S2.